The highest BCUT2D eigenvalue weighted by molar-refractivity contribution is 5.99. The second-order valence-electron chi connectivity index (χ2n) is 9.31. The van der Waals surface area contributed by atoms with Crippen molar-refractivity contribution in [3.8, 4) is 0 Å². The lowest BCUT2D eigenvalue weighted by atomic mass is 9.73. The molecule has 0 unspecified atom stereocenters. The monoisotopic (exact) mass is 455 g/mol. The average molecular weight is 456 g/mol. The highest BCUT2D eigenvalue weighted by Crippen LogP contribution is 2.36. The number of amides is 1. The molecule has 5 heteroatoms. The van der Waals surface area contributed by atoms with Gasteiger partial charge in [0.1, 0.15) is 0 Å². The van der Waals surface area contributed by atoms with Crippen molar-refractivity contribution in [1.29, 1.82) is 0 Å². The number of ether oxygens (including phenoxy) is 1. The van der Waals surface area contributed by atoms with E-state index >= 15 is 0 Å². The molecule has 1 N–H and O–H groups in total. The van der Waals surface area contributed by atoms with Gasteiger partial charge in [-0.15, -0.1) is 0 Å². The van der Waals surface area contributed by atoms with Crippen LogP contribution in [-0.2, 0) is 21.5 Å². The Hall–Kier alpha value is -3.15. The van der Waals surface area contributed by atoms with E-state index in [4.69, 9.17) is 4.74 Å². The molecule has 2 heterocycles. The van der Waals surface area contributed by atoms with Crippen LogP contribution in [0.5, 0.6) is 0 Å². The van der Waals surface area contributed by atoms with Crippen LogP contribution in [0.3, 0.4) is 0 Å². The first kappa shape index (κ1) is 22.6. The molecule has 34 heavy (non-hydrogen) atoms. The van der Waals surface area contributed by atoms with Crippen LogP contribution in [0.25, 0.3) is 0 Å². The maximum absolute atomic E-state index is 13.5. The Morgan fingerprint density at radius 3 is 2.06 bits per heavy atom. The first-order valence-electron chi connectivity index (χ1n) is 12.3. The molecule has 5 rings (SSSR count). The molecule has 0 bridgehead atoms. The molecule has 2 fully saturated rings. The zero-order valence-corrected chi connectivity index (χ0v) is 19.7. The van der Waals surface area contributed by atoms with Gasteiger partial charge in [-0.1, -0.05) is 60.7 Å². The van der Waals surface area contributed by atoms with E-state index in [9.17, 15) is 4.79 Å². The molecule has 2 aliphatic heterocycles. The van der Waals surface area contributed by atoms with Crippen molar-refractivity contribution in [3.63, 3.8) is 0 Å². The van der Waals surface area contributed by atoms with Gasteiger partial charge < -0.3 is 15.0 Å². The Balaban J connectivity index is 1.20. The highest BCUT2D eigenvalue weighted by atomic mass is 16.5. The summed E-state index contributed by atoms with van der Waals surface area (Å²) in [6.07, 6.45) is 1.41. The fourth-order valence-electron chi connectivity index (χ4n) is 5.14. The van der Waals surface area contributed by atoms with E-state index < -0.39 is 5.41 Å². The van der Waals surface area contributed by atoms with Crippen LogP contribution in [0.15, 0.2) is 84.9 Å². The first-order valence-corrected chi connectivity index (χ1v) is 12.3. The van der Waals surface area contributed by atoms with Crippen molar-refractivity contribution in [1.82, 2.24) is 4.90 Å². The SMILES string of the molecule is O=C(Nc1ccc(N2CCN(Cc3ccccc3)CC2)cc1)C1(c2ccccc2)CCOCC1. The van der Waals surface area contributed by atoms with Crippen LogP contribution in [0, 0.1) is 0 Å². The Labute approximate surface area is 202 Å². The topological polar surface area (TPSA) is 44.8 Å². The van der Waals surface area contributed by atoms with Gasteiger partial charge in [-0.2, -0.15) is 0 Å². The van der Waals surface area contributed by atoms with Gasteiger partial charge in [-0.25, -0.2) is 0 Å². The summed E-state index contributed by atoms with van der Waals surface area (Å²) in [6.45, 7) is 6.35. The number of rotatable bonds is 6. The number of carbonyl (C=O) groups is 1. The normalized spacial score (nSPS) is 18.4. The molecule has 2 aliphatic rings. The number of nitrogens with one attached hydrogen (secondary N) is 1. The highest BCUT2D eigenvalue weighted by Gasteiger charge is 2.41. The number of hydrogen-bond donors (Lipinski definition) is 1. The maximum Gasteiger partial charge on any atom is 0.235 e. The second-order valence-corrected chi connectivity index (χ2v) is 9.31. The minimum Gasteiger partial charge on any atom is -0.381 e. The van der Waals surface area contributed by atoms with Gasteiger partial charge in [0.2, 0.25) is 5.91 Å². The molecular formula is C29H33N3O2. The van der Waals surface area contributed by atoms with Crippen LogP contribution in [0.2, 0.25) is 0 Å². The third kappa shape index (κ3) is 5.01. The third-order valence-corrected chi connectivity index (χ3v) is 7.22. The molecule has 2 saturated heterocycles. The van der Waals surface area contributed by atoms with Crippen LogP contribution in [0.4, 0.5) is 11.4 Å². The number of anilines is 2. The number of carbonyl (C=O) groups excluding carboxylic acids is 1. The van der Waals surface area contributed by atoms with Gasteiger partial charge in [-0.05, 0) is 48.2 Å². The van der Waals surface area contributed by atoms with Crippen LogP contribution < -0.4 is 10.2 Å². The van der Waals surface area contributed by atoms with E-state index in [1.807, 2.05) is 30.3 Å². The summed E-state index contributed by atoms with van der Waals surface area (Å²) in [7, 11) is 0. The largest absolute Gasteiger partial charge is 0.381 e. The van der Waals surface area contributed by atoms with Crippen molar-refractivity contribution < 1.29 is 9.53 Å². The van der Waals surface area contributed by atoms with E-state index in [-0.39, 0.29) is 5.91 Å². The molecule has 0 saturated carbocycles. The lowest BCUT2D eigenvalue weighted by Crippen LogP contribution is -2.46. The fourth-order valence-corrected chi connectivity index (χ4v) is 5.14. The Morgan fingerprint density at radius 1 is 0.794 bits per heavy atom. The van der Waals surface area contributed by atoms with Gasteiger partial charge in [0.15, 0.2) is 0 Å². The summed E-state index contributed by atoms with van der Waals surface area (Å²) in [5.74, 6) is 0.0595. The lowest BCUT2D eigenvalue weighted by molar-refractivity contribution is -0.125. The second kappa shape index (κ2) is 10.4. The Kier molecular flexibility index (Phi) is 6.93. The number of piperazine rings is 1. The van der Waals surface area contributed by atoms with E-state index in [1.165, 1.54) is 11.3 Å². The molecule has 3 aromatic rings. The standard InChI is InChI=1S/C29H33N3O2/c33-28(29(15-21-34-22-16-29)25-9-5-2-6-10-25)30-26-11-13-27(14-12-26)32-19-17-31(18-20-32)23-24-7-3-1-4-8-24/h1-14H,15-23H2,(H,30,33). The smallest absolute Gasteiger partial charge is 0.235 e. The quantitative estimate of drug-likeness (QED) is 0.585. The predicted octanol–water partition coefficient (Wildman–Crippen LogP) is 4.70. The summed E-state index contributed by atoms with van der Waals surface area (Å²) in [5.41, 5.74) is 3.96. The number of hydrogen-bond acceptors (Lipinski definition) is 4. The van der Waals surface area contributed by atoms with Crippen molar-refractivity contribution in [2.24, 2.45) is 0 Å². The van der Waals surface area contributed by atoms with Gasteiger partial charge in [-0.3, -0.25) is 9.69 Å². The molecule has 176 valence electrons. The van der Waals surface area contributed by atoms with Gasteiger partial charge >= 0.3 is 0 Å². The van der Waals surface area contributed by atoms with Crippen molar-refractivity contribution in [3.05, 3.63) is 96.1 Å². The van der Waals surface area contributed by atoms with Crippen molar-refractivity contribution in [2.75, 3.05) is 49.6 Å². The van der Waals surface area contributed by atoms with Gasteiger partial charge in [0.05, 0.1) is 5.41 Å². The average Bonchev–Trinajstić information content (AvgIpc) is 2.91. The molecule has 1 amide bonds. The minimum atomic E-state index is -0.534. The predicted molar refractivity (Wildman–Crippen MR) is 137 cm³/mol. The minimum absolute atomic E-state index is 0.0595. The summed E-state index contributed by atoms with van der Waals surface area (Å²) in [5, 5.41) is 3.19. The van der Waals surface area contributed by atoms with E-state index in [1.54, 1.807) is 0 Å². The molecule has 0 aromatic heterocycles. The lowest BCUT2D eigenvalue weighted by Gasteiger charge is -2.37. The van der Waals surface area contributed by atoms with Crippen molar-refractivity contribution in [2.45, 2.75) is 24.8 Å². The van der Waals surface area contributed by atoms with Crippen LogP contribution >= 0.6 is 0 Å². The first-order chi connectivity index (χ1) is 16.7. The maximum atomic E-state index is 13.5. The molecular weight excluding hydrogens is 422 g/mol. The van der Waals surface area contributed by atoms with E-state index in [0.717, 1.165) is 44.0 Å². The van der Waals surface area contributed by atoms with Crippen LogP contribution in [-0.4, -0.2) is 50.2 Å². The molecule has 0 spiro atoms. The van der Waals surface area contributed by atoms with Gasteiger partial charge in [0.25, 0.3) is 0 Å². The van der Waals surface area contributed by atoms with E-state index in [0.29, 0.717) is 26.1 Å². The zero-order valence-electron chi connectivity index (χ0n) is 19.7. The molecule has 0 atom stereocenters. The molecule has 3 aromatic carbocycles. The molecule has 0 aliphatic carbocycles. The number of nitrogens with zero attached hydrogens (tertiary/aromatic N) is 2. The summed E-state index contributed by atoms with van der Waals surface area (Å²) < 4.78 is 5.58. The van der Waals surface area contributed by atoms with E-state index in [2.05, 4.69) is 69.7 Å². The third-order valence-electron chi connectivity index (χ3n) is 7.22. The molecule has 0 radical (unpaired) electrons. The molecule has 5 nitrogen and oxygen atoms in total. The summed E-state index contributed by atoms with van der Waals surface area (Å²) in [6, 6.07) is 29.1. The summed E-state index contributed by atoms with van der Waals surface area (Å²) >= 11 is 0. The van der Waals surface area contributed by atoms with Crippen molar-refractivity contribution >= 4 is 17.3 Å². The summed E-state index contributed by atoms with van der Waals surface area (Å²) in [4.78, 5) is 18.4. The zero-order chi connectivity index (χ0) is 23.2. The Morgan fingerprint density at radius 2 is 1.41 bits per heavy atom. The number of benzene rings is 3. The van der Waals surface area contributed by atoms with Gasteiger partial charge in [0, 0.05) is 57.3 Å². The fraction of sp³-hybridized carbons (Fsp3) is 0.345. The van der Waals surface area contributed by atoms with Crippen LogP contribution in [0.1, 0.15) is 24.0 Å². The Bertz CT molecular complexity index is 1060.